The number of fused-ring (bicyclic) bond motifs is 14. The smallest absolute Gasteiger partial charge is 0.235 e. The Hall–Kier alpha value is -7.10. The summed E-state index contributed by atoms with van der Waals surface area (Å²) < 4.78 is 2.33. The van der Waals surface area contributed by atoms with Crippen LogP contribution < -0.4 is 0 Å². The molecule has 0 radical (unpaired) electrons. The van der Waals surface area contributed by atoms with Crippen molar-refractivity contribution in [2.45, 2.75) is 57.8 Å². The van der Waals surface area contributed by atoms with Crippen molar-refractivity contribution in [2.24, 2.45) is 0 Å². The van der Waals surface area contributed by atoms with E-state index in [1.165, 1.54) is 88.7 Å². The SMILES string of the molecule is CC1(C)c2ccccc2-c2cc(-c3ccc4c(c3)c3c5c(ccc3n4-c3nc(-c4ccc6c(c4)C(C)(C)c4ccccc4-6)c4ccccc4n3)-c3ccccc3C5(C)C)ccc21. The maximum Gasteiger partial charge on any atom is 0.235 e. The van der Waals surface area contributed by atoms with Crippen molar-refractivity contribution in [3.8, 4) is 61.7 Å². The molecule has 0 aliphatic heterocycles. The van der Waals surface area contributed by atoms with Gasteiger partial charge in [0.1, 0.15) is 0 Å². The molecule has 3 nitrogen and oxygen atoms in total. The Bertz CT molecular complexity index is 3610. The number of rotatable bonds is 3. The Labute approximate surface area is 362 Å². The van der Waals surface area contributed by atoms with Gasteiger partial charge in [-0.3, -0.25) is 4.57 Å². The first-order chi connectivity index (χ1) is 30.0. The fourth-order valence-electron chi connectivity index (χ4n) is 11.9. The summed E-state index contributed by atoms with van der Waals surface area (Å²) in [5, 5.41) is 3.53. The zero-order chi connectivity index (χ0) is 41.9. The molecule has 0 amide bonds. The lowest BCUT2D eigenvalue weighted by atomic mass is 9.80. The van der Waals surface area contributed by atoms with Crippen LogP contribution in [0.4, 0.5) is 0 Å². The minimum Gasteiger partial charge on any atom is -0.278 e. The van der Waals surface area contributed by atoms with Crippen LogP contribution in [-0.4, -0.2) is 14.5 Å². The number of benzene rings is 8. The molecular formula is C59H45N3. The van der Waals surface area contributed by atoms with Crippen molar-refractivity contribution >= 4 is 32.7 Å². The van der Waals surface area contributed by atoms with E-state index in [-0.39, 0.29) is 16.2 Å². The molecule has 296 valence electrons. The molecule has 0 N–H and O–H groups in total. The van der Waals surface area contributed by atoms with Crippen molar-refractivity contribution in [1.29, 1.82) is 0 Å². The highest BCUT2D eigenvalue weighted by atomic mass is 15.2. The standard InChI is InChI=1S/C59H45N3/c1-57(2)46-20-12-9-17-39(46)43-31-34(24-28-48(43)57)35-25-29-51-44(32-35)53-52(30-27-41-38-16-8-13-21-47(38)59(5,6)54(41)53)62(51)56-60-50-22-14-10-18-42(50)55(61-56)36-23-26-40-37-15-7-11-19-45(37)58(3,4)49(40)33-36/h7-33H,1-6H3. The maximum atomic E-state index is 5.61. The highest BCUT2D eigenvalue weighted by molar-refractivity contribution is 6.15. The molecular weight excluding hydrogens is 751 g/mol. The predicted octanol–water partition coefficient (Wildman–Crippen LogP) is 15.0. The molecule has 0 unspecified atom stereocenters. The van der Waals surface area contributed by atoms with E-state index in [9.17, 15) is 0 Å². The summed E-state index contributed by atoms with van der Waals surface area (Å²) in [6.07, 6.45) is 0. The van der Waals surface area contributed by atoms with Gasteiger partial charge in [-0.15, -0.1) is 0 Å². The summed E-state index contributed by atoms with van der Waals surface area (Å²) in [7, 11) is 0. The summed E-state index contributed by atoms with van der Waals surface area (Å²) >= 11 is 0. The Balaban J connectivity index is 1.07. The van der Waals surface area contributed by atoms with Gasteiger partial charge in [-0.05, 0) is 114 Å². The molecule has 0 saturated heterocycles. The highest BCUT2D eigenvalue weighted by Crippen LogP contribution is 2.55. The molecule has 0 fully saturated rings. The molecule has 0 spiro atoms. The summed E-state index contributed by atoms with van der Waals surface area (Å²) in [4.78, 5) is 11.0. The maximum absolute atomic E-state index is 5.61. The topological polar surface area (TPSA) is 30.7 Å². The van der Waals surface area contributed by atoms with Crippen molar-refractivity contribution in [3.05, 3.63) is 197 Å². The second kappa shape index (κ2) is 12.0. The van der Waals surface area contributed by atoms with Gasteiger partial charge in [-0.25, -0.2) is 9.97 Å². The lowest BCUT2D eigenvalue weighted by molar-refractivity contribution is 0.660. The van der Waals surface area contributed by atoms with Crippen LogP contribution in [0.3, 0.4) is 0 Å². The van der Waals surface area contributed by atoms with Crippen LogP contribution in [0, 0.1) is 0 Å². The molecule has 3 aliphatic rings. The number of hydrogen-bond acceptors (Lipinski definition) is 2. The second-order valence-electron chi connectivity index (χ2n) is 19.4. The van der Waals surface area contributed by atoms with Crippen molar-refractivity contribution in [3.63, 3.8) is 0 Å². The molecule has 0 saturated carbocycles. The largest absolute Gasteiger partial charge is 0.278 e. The first kappa shape index (κ1) is 35.6. The fourth-order valence-corrected chi connectivity index (χ4v) is 11.9. The van der Waals surface area contributed by atoms with Crippen molar-refractivity contribution < 1.29 is 0 Å². The fraction of sp³-hybridized carbons (Fsp3) is 0.153. The second-order valence-corrected chi connectivity index (χ2v) is 19.4. The average Bonchev–Trinajstić information content (AvgIpc) is 3.91. The summed E-state index contributed by atoms with van der Waals surface area (Å²) in [5.74, 6) is 0.680. The van der Waals surface area contributed by atoms with Gasteiger partial charge in [-0.1, -0.05) is 169 Å². The first-order valence-corrected chi connectivity index (χ1v) is 22.0. The van der Waals surface area contributed by atoms with Gasteiger partial charge in [0.05, 0.1) is 22.2 Å². The number of hydrogen-bond donors (Lipinski definition) is 0. The van der Waals surface area contributed by atoms with E-state index in [0.29, 0.717) is 5.95 Å². The Morgan fingerprint density at radius 3 is 1.66 bits per heavy atom. The molecule has 0 atom stereocenters. The van der Waals surface area contributed by atoms with Gasteiger partial charge >= 0.3 is 0 Å². The number of para-hydroxylation sites is 1. The lowest BCUT2D eigenvalue weighted by Gasteiger charge is -2.22. The van der Waals surface area contributed by atoms with Gasteiger partial charge in [0.2, 0.25) is 5.95 Å². The normalized spacial score (nSPS) is 15.6. The van der Waals surface area contributed by atoms with Gasteiger partial charge in [0, 0.05) is 38.0 Å². The lowest BCUT2D eigenvalue weighted by Crippen LogP contribution is -2.15. The quantitative estimate of drug-likeness (QED) is 0.178. The summed E-state index contributed by atoms with van der Waals surface area (Å²) in [6.45, 7) is 14.2. The molecule has 62 heavy (non-hydrogen) atoms. The number of nitrogens with zero attached hydrogens (tertiary/aromatic N) is 3. The average molecular weight is 796 g/mol. The van der Waals surface area contributed by atoms with Crippen LogP contribution in [0.5, 0.6) is 0 Å². The molecule has 0 bridgehead atoms. The molecule has 13 rings (SSSR count). The third kappa shape index (κ3) is 4.55. The van der Waals surface area contributed by atoms with Crippen LogP contribution in [0.25, 0.3) is 94.4 Å². The minimum absolute atomic E-state index is 0.0390. The summed E-state index contributed by atoms with van der Waals surface area (Å²) in [6, 6.07) is 61.0. The van der Waals surface area contributed by atoms with Gasteiger partial charge in [0.25, 0.3) is 0 Å². The van der Waals surface area contributed by atoms with Crippen molar-refractivity contribution in [1.82, 2.24) is 14.5 Å². The Morgan fingerprint density at radius 1 is 0.371 bits per heavy atom. The Morgan fingerprint density at radius 2 is 0.903 bits per heavy atom. The molecule has 10 aromatic rings. The van der Waals surface area contributed by atoms with Gasteiger partial charge in [-0.2, -0.15) is 0 Å². The van der Waals surface area contributed by atoms with E-state index >= 15 is 0 Å². The third-order valence-electron chi connectivity index (χ3n) is 15.0. The highest BCUT2D eigenvalue weighted by Gasteiger charge is 2.39. The molecule has 8 aromatic carbocycles. The van der Waals surface area contributed by atoms with E-state index in [1.807, 2.05) is 0 Å². The van der Waals surface area contributed by atoms with E-state index in [4.69, 9.17) is 9.97 Å². The minimum atomic E-state index is -0.215. The predicted molar refractivity (Wildman–Crippen MR) is 257 cm³/mol. The number of aromatic nitrogens is 3. The van der Waals surface area contributed by atoms with E-state index in [2.05, 4.69) is 210 Å². The monoisotopic (exact) mass is 795 g/mol. The van der Waals surface area contributed by atoms with Crippen LogP contribution >= 0.6 is 0 Å². The van der Waals surface area contributed by atoms with E-state index in [1.54, 1.807) is 0 Å². The molecule has 2 heterocycles. The van der Waals surface area contributed by atoms with Crippen LogP contribution in [0.1, 0.15) is 74.9 Å². The van der Waals surface area contributed by atoms with Gasteiger partial charge < -0.3 is 0 Å². The van der Waals surface area contributed by atoms with Crippen LogP contribution in [0.15, 0.2) is 164 Å². The van der Waals surface area contributed by atoms with Gasteiger partial charge in [0.15, 0.2) is 0 Å². The summed E-state index contributed by atoms with van der Waals surface area (Å²) in [5.41, 5.74) is 23.4. The van der Waals surface area contributed by atoms with Crippen molar-refractivity contribution in [2.75, 3.05) is 0 Å². The Kier molecular flexibility index (Phi) is 6.92. The zero-order valence-corrected chi connectivity index (χ0v) is 35.9. The zero-order valence-electron chi connectivity index (χ0n) is 35.9. The van der Waals surface area contributed by atoms with Crippen LogP contribution in [-0.2, 0) is 16.2 Å². The van der Waals surface area contributed by atoms with E-state index < -0.39 is 0 Å². The first-order valence-electron chi connectivity index (χ1n) is 22.0. The molecule has 3 aliphatic carbocycles. The molecule has 3 heteroatoms. The third-order valence-corrected chi connectivity index (χ3v) is 15.0. The molecule has 2 aromatic heterocycles. The van der Waals surface area contributed by atoms with Crippen LogP contribution in [0.2, 0.25) is 0 Å². The van der Waals surface area contributed by atoms with E-state index in [0.717, 1.165) is 33.2 Å².